The first kappa shape index (κ1) is 14.2. The summed E-state index contributed by atoms with van der Waals surface area (Å²) in [7, 11) is 1.32. The number of nitrogens with two attached hydrogens (primary N) is 1. The lowest BCUT2D eigenvalue weighted by Gasteiger charge is -2.44. The van der Waals surface area contributed by atoms with Crippen LogP contribution in [-0.2, 0) is 14.3 Å². The maximum Gasteiger partial charge on any atom is 0.329 e. The van der Waals surface area contributed by atoms with Crippen molar-refractivity contribution in [1.29, 1.82) is 0 Å². The van der Waals surface area contributed by atoms with E-state index in [1.165, 1.54) is 7.11 Å². The summed E-state index contributed by atoms with van der Waals surface area (Å²) >= 11 is 0. The van der Waals surface area contributed by atoms with Crippen molar-refractivity contribution >= 4 is 24.3 Å². The second-order valence-electron chi connectivity index (χ2n) is 3.74. The SMILES string of the molecule is COC(=O)C1NC(=O)[C@]1(C)CCCN.Cl. The minimum atomic E-state index is -0.632. The van der Waals surface area contributed by atoms with Gasteiger partial charge in [-0.15, -0.1) is 12.4 Å². The van der Waals surface area contributed by atoms with E-state index in [0.29, 0.717) is 13.0 Å². The summed E-state index contributed by atoms with van der Waals surface area (Å²) in [4.78, 5) is 22.6. The zero-order valence-electron chi connectivity index (χ0n) is 8.91. The molecule has 0 aromatic rings. The standard InChI is InChI=1S/C9H16N2O3.ClH/c1-9(4-3-5-10)6(7(12)14-2)11-8(9)13;/h6H,3-5,10H2,1-2H3,(H,11,13);1H/t6?,9-;/m1./s1. The van der Waals surface area contributed by atoms with E-state index >= 15 is 0 Å². The zero-order chi connectivity index (χ0) is 10.8. The third-order valence-electron chi connectivity index (χ3n) is 2.77. The second-order valence-corrected chi connectivity index (χ2v) is 3.74. The van der Waals surface area contributed by atoms with Crippen molar-refractivity contribution in [2.75, 3.05) is 13.7 Å². The fraction of sp³-hybridized carbons (Fsp3) is 0.778. The van der Waals surface area contributed by atoms with Gasteiger partial charge in [-0.3, -0.25) is 4.79 Å². The largest absolute Gasteiger partial charge is 0.467 e. The van der Waals surface area contributed by atoms with Crippen molar-refractivity contribution in [3.05, 3.63) is 0 Å². The molecule has 1 fully saturated rings. The fourth-order valence-corrected chi connectivity index (χ4v) is 1.67. The summed E-state index contributed by atoms with van der Waals surface area (Å²) in [5.41, 5.74) is 4.73. The van der Waals surface area contributed by atoms with E-state index in [1.54, 1.807) is 6.92 Å². The van der Waals surface area contributed by atoms with Gasteiger partial charge in [0.1, 0.15) is 6.04 Å². The fourth-order valence-electron chi connectivity index (χ4n) is 1.67. The number of hydrogen-bond donors (Lipinski definition) is 2. The zero-order valence-corrected chi connectivity index (χ0v) is 9.73. The van der Waals surface area contributed by atoms with Crippen molar-refractivity contribution in [3.63, 3.8) is 0 Å². The van der Waals surface area contributed by atoms with Crippen LogP contribution in [0.4, 0.5) is 0 Å². The smallest absolute Gasteiger partial charge is 0.329 e. The predicted octanol–water partition coefficient (Wildman–Crippen LogP) is -0.175. The van der Waals surface area contributed by atoms with E-state index in [1.807, 2.05) is 0 Å². The van der Waals surface area contributed by atoms with Gasteiger partial charge in [-0.05, 0) is 26.3 Å². The molecule has 1 amide bonds. The monoisotopic (exact) mass is 236 g/mol. The average Bonchev–Trinajstić information content (AvgIpc) is 2.21. The quantitative estimate of drug-likeness (QED) is 0.524. The molecule has 0 aliphatic carbocycles. The molecule has 6 heteroatoms. The van der Waals surface area contributed by atoms with E-state index in [9.17, 15) is 9.59 Å². The molecule has 1 rings (SSSR count). The molecule has 1 aliphatic heterocycles. The van der Waals surface area contributed by atoms with Gasteiger partial charge in [-0.1, -0.05) is 0 Å². The third kappa shape index (κ3) is 2.41. The van der Waals surface area contributed by atoms with Crippen molar-refractivity contribution in [1.82, 2.24) is 5.32 Å². The minimum absolute atomic E-state index is 0. The third-order valence-corrected chi connectivity index (χ3v) is 2.77. The maximum atomic E-state index is 11.3. The van der Waals surface area contributed by atoms with Crippen LogP contribution < -0.4 is 11.1 Å². The Hall–Kier alpha value is -0.810. The van der Waals surface area contributed by atoms with Crippen molar-refractivity contribution in [2.24, 2.45) is 11.1 Å². The van der Waals surface area contributed by atoms with Crippen molar-refractivity contribution in [2.45, 2.75) is 25.8 Å². The van der Waals surface area contributed by atoms with Crippen LogP contribution in [0.5, 0.6) is 0 Å². The number of rotatable bonds is 4. The Labute approximate surface area is 95.1 Å². The molecule has 2 atom stereocenters. The summed E-state index contributed by atoms with van der Waals surface area (Å²) in [6.45, 7) is 2.29. The number of nitrogens with one attached hydrogen (secondary N) is 1. The van der Waals surface area contributed by atoms with Gasteiger partial charge < -0.3 is 15.8 Å². The molecule has 1 heterocycles. The molecule has 1 unspecified atom stereocenters. The molecule has 0 bridgehead atoms. The van der Waals surface area contributed by atoms with Gasteiger partial charge in [0.15, 0.2) is 0 Å². The molecule has 0 saturated carbocycles. The number of ether oxygens (including phenoxy) is 1. The van der Waals surface area contributed by atoms with Crippen molar-refractivity contribution < 1.29 is 14.3 Å². The predicted molar refractivity (Wildman–Crippen MR) is 57.6 cm³/mol. The van der Waals surface area contributed by atoms with E-state index in [-0.39, 0.29) is 24.3 Å². The van der Waals surface area contributed by atoms with Crippen LogP contribution in [0.1, 0.15) is 19.8 Å². The summed E-state index contributed by atoms with van der Waals surface area (Å²) in [6.07, 6.45) is 1.35. The van der Waals surface area contributed by atoms with Crippen LogP contribution in [0.25, 0.3) is 0 Å². The summed E-state index contributed by atoms with van der Waals surface area (Å²) < 4.78 is 4.59. The first-order chi connectivity index (χ1) is 6.56. The Morgan fingerprint density at radius 1 is 1.67 bits per heavy atom. The van der Waals surface area contributed by atoms with E-state index < -0.39 is 11.5 Å². The lowest BCUT2D eigenvalue weighted by molar-refractivity contribution is -0.163. The van der Waals surface area contributed by atoms with Gasteiger partial charge >= 0.3 is 5.97 Å². The number of carbonyl (C=O) groups is 2. The molecule has 0 aromatic carbocycles. The average molecular weight is 237 g/mol. The number of methoxy groups -OCH3 is 1. The van der Waals surface area contributed by atoms with Gasteiger partial charge in [0.25, 0.3) is 0 Å². The molecule has 0 spiro atoms. The van der Waals surface area contributed by atoms with Crippen LogP contribution in [0, 0.1) is 5.41 Å². The Morgan fingerprint density at radius 2 is 2.27 bits per heavy atom. The van der Waals surface area contributed by atoms with Crippen LogP contribution >= 0.6 is 12.4 Å². The number of amides is 1. The van der Waals surface area contributed by atoms with Crippen LogP contribution in [-0.4, -0.2) is 31.6 Å². The highest BCUT2D eigenvalue weighted by Gasteiger charge is 2.54. The summed E-state index contributed by atoms with van der Waals surface area (Å²) in [6, 6.07) is -0.508. The molecule has 5 nitrogen and oxygen atoms in total. The normalized spacial score (nSPS) is 28.5. The van der Waals surface area contributed by atoms with Gasteiger partial charge in [0, 0.05) is 0 Å². The van der Waals surface area contributed by atoms with E-state index in [2.05, 4.69) is 10.1 Å². The highest BCUT2D eigenvalue weighted by Crippen LogP contribution is 2.35. The molecule has 0 aromatic heterocycles. The van der Waals surface area contributed by atoms with E-state index in [0.717, 1.165) is 6.42 Å². The Kier molecular flexibility index (Phi) is 5.03. The molecule has 1 saturated heterocycles. The molecule has 3 N–H and O–H groups in total. The Balaban J connectivity index is 0.00000196. The number of carbonyl (C=O) groups excluding carboxylic acids is 2. The maximum absolute atomic E-state index is 11.3. The molecular formula is C9H17ClN2O3. The number of hydrogen-bond acceptors (Lipinski definition) is 4. The summed E-state index contributed by atoms with van der Waals surface area (Å²) in [5, 5.41) is 2.54. The highest BCUT2D eigenvalue weighted by atomic mass is 35.5. The van der Waals surface area contributed by atoms with Gasteiger partial charge in [-0.25, -0.2) is 4.79 Å². The Bertz CT molecular complexity index is 260. The van der Waals surface area contributed by atoms with Crippen LogP contribution in [0.3, 0.4) is 0 Å². The lowest BCUT2D eigenvalue weighted by Crippen LogP contribution is -2.69. The number of esters is 1. The van der Waals surface area contributed by atoms with Crippen molar-refractivity contribution in [3.8, 4) is 0 Å². The first-order valence-electron chi connectivity index (χ1n) is 4.65. The highest BCUT2D eigenvalue weighted by molar-refractivity contribution is 6.00. The molecular weight excluding hydrogens is 220 g/mol. The number of halogens is 1. The van der Waals surface area contributed by atoms with Gasteiger partial charge in [-0.2, -0.15) is 0 Å². The molecule has 0 radical (unpaired) electrons. The molecule has 15 heavy (non-hydrogen) atoms. The topological polar surface area (TPSA) is 81.4 Å². The van der Waals surface area contributed by atoms with Gasteiger partial charge in [0.05, 0.1) is 12.5 Å². The van der Waals surface area contributed by atoms with Gasteiger partial charge in [0.2, 0.25) is 5.91 Å². The van der Waals surface area contributed by atoms with Crippen LogP contribution in [0.2, 0.25) is 0 Å². The minimum Gasteiger partial charge on any atom is -0.467 e. The molecule has 88 valence electrons. The van der Waals surface area contributed by atoms with Crippen LogP contribution in [0.15, 0.2) is 0 Å². The number of β-lactam (4-membered cyclic amide) rings is 1. The van der Waals surface area contributed by atoms with E-state index in [4.69, 9.17) is 5.73 Å². The molecule has 1 aliphatic rings. The first-order valence-corrected chi connectivity index (χ1v) is 4.65. The lowest BCUT2D eigenvalue weighted by atomic mass is 9.71. The summed E-state index contributed by atoms with van der Waals surface area (Å²) in [5.74, 6) is -0.481. The second kappa shape index (κ2) is 5.32. The Morgan fingerprint density at radius 3 is 2.67 bits per heavy atom.